The molecular formula is C17H24ClFeNO. The predicted molar refractivity (Wildman–Crippen MR) is 88.1 cm³/mol. The fourth-order valence-corrected chi connectivity index (χ4v) is 1.82. The Bertz CT molecular complexity index is 404. The van der Waals surface area contributed by atoms with Gasteiger partial charge in [0.1, 0.15) is 0 Å². The van der Waals surface area contributed by atoms with E-state index in [1.165, 1.54) is 0 Å². The second kappa shape index (κ2) is 14.1. The molecule has 2 aromatic carbocycles. The van der Waals surface area contributed by atoms with Crippen molar-refractivity contribution in [3.05, 3.63) is 60.2 Å². The molecule has 21 heavy (non-hydrogen) atoms. The molecule has 4 heteroatoms. The van der Waals surface area contributed by atoms with E-state index in [4.69, 9.17) is 0 Å². The molecule has 118 valence electrons. The molecule has 0 N–H and O–H groups in total. The Labute approximate surface area is 145 Å². The van der Waals surface area contributed by atoms with Gasteiger partial charge in [-0.05, 0) is 26.1 Å². The monoisotopic (exact) mass is 349 g/mol. The van der Waals surface area contributed by atoms with Crippen molar-refractivity contribution in [3.8, 4) is 0 Å². The molecule has 0 aliphatic heterocycles. The zero-order chi connectivity index (χ0) is 13.9. The summed E-state index contributed by atoms with van der Waals surface area (Å²) in [6, 6.07) is 17.6. The molecule has 0 spiro atoms. The molecule has 2 aromatic rings. The van der Waals surface area contributed by atoms with Crippen molar-refractivity contribution in [2.45, 2.75) is 20.3 Å². The largest absolute Gasteiger partial charge is 2.00 e. The summed E-state index contributed by atoms with van der Waals surface area (Å²) in [6.45, 7) is 7.15. The van der Waals surface area contributed by atoms with Crippen molar-refractivity contribution in [3.63, 3.8) is 0 Å². The van der Waals surface area contributed by atoms with Crippen LogP contribution in [-0.4, -0.2) is 30.3 Å². The summed E-state index contributed by atoms with van der Waals surface area (Å²) in [5, 5.41) is 0. The molecular weight excluding hydrogens is 325 g/mol. The molecule has 0 bridgehead atoms. The van der Waals surface area contributed by atoms with Gasteiger partial charge in [0.25, 0.3) is 0 Å². The summed E-state index contributed by atoms with van der Waals surface area (Å²) in [4.78, 5) is 13.9. The van der Waals surface area contributed by atoms with E-state index in [9.17, 15) is 4.79 Å². The summed E-state index contributed by atoms with van der Waals surface area (Å²) < 4.78 is 0. The fourth-order valence-electron chi connectivity index (χ4n) is 1.82. The van der Waals surface area contributed by atoms with E-state index < -0.39 is 0 Å². The van der Waals surface area contributed by atoms with Crippen LogP contribution in [0.5, 0.6) is 0 Å². The van der Waals surface area contributed by atoms with Crippen LogP contribution in [0.3, 0.4) is 0 Å². The van der Waals surface area contributed by atoms with E-state index in [0.29, 0.717) is 6.42 Å². The number of rotatable bonds is 6. The van der Waals surface area contributed by atoms with Gasteiger partial charge >= 0.3 is 17.1 Å². The molecule has 0 amide bonds. The van der Waals surface area contributed by atoms with Crippen LogP contribution in [0.15, 0.2) is 54.6 Å². The number of carbonyl (C=O) groups is 1. The molecule has 0 aliphatic carbocycles. The zero-order valence-electron chi connectivity index (χ0n) is 12.6. The number of nitrogens with zero attached hydrogens (tertiary/aromatic N) is 1. The van der Waals surface area contributed by atoms with E-state index in [1.54, 1.807) is 0 Å². The minimum Gasteiger partial charge on any atom is -0.352 e. The fraction of sp³-hybridized carbons (Fsp3) is 0.353. The molecule has 0 saturated carbocycles. The zero-order valence-corrected chi connectivity index (χ0v) is 14.6. The Morgan fingerprint density at radius 3 is 2.10 bits per heavy atom. The van der Waals surface area contributed by atoms with Crippen LogP contribution in [0.4, 0.5) is 0 Å². The second-order valence-corrected chi connectivity index (χ2v) is 4.34. The quantitative estimate of drug-likeness (QED) is 0.444. The van der Waals surface area contributed by atoms with Crippen molar-refractivity contribution in [2.24, 2.45) is 0 Å². The Morgan fingerprint density at radius 1 is 1.10 bits per heavy atom. The number of halogens is 1. The van der Waals surface area contributed by atoms with Crippen molar-refractivity contribution in [1.29, 1.82) is 0 Å². The number of hydrogen-bond acceptors (Lipinski definition) is 2. The first-order valence-corrected chi connectivity index (χ1v) is 6.91. The van der Waals surface area contributed by atoms with Gasteiger partial charge in [-0.2, -0.15) is 36.4 Å². The Morgan fingerprint density at radius 2 is 1.71 bits per heavy atom. The number of hydrogen-bond donors (Lipinski definition) is 0. The normalized spacial score (nSPS) is 9.10. The second-order valence-electron chi connectivity index (χ2n) is 4.34. The van der Waals surface area contributed by atoms with Crippen LogP contribution in [0, 0.1) is 0 Å². The van der Waals surface area contributed by atoms with Crippen LogP contribution >= 0.6 is 12.4 Å². The van der Waals surface area contributed by atoms with Crippen LogP contribution in [0.1, 0.15) is 30.6 Å². The van der Waals surface area contributed by atoms with Gasteiger partial charge in [0, 0.05) is 0 Å². The van der Waals surface area contributed by atoms with Gasteiger partial charge in [0.15, 0.2) is 0 Å². The summed E-state index contributed by atoms with van der Waals surface area (Å²) in [5.41, 5.74) is 0.845. The maximum atomic E-state index is 11.6. The van der Waals surface area contributed by atoms with E-state index in [2.05, 4.69) is 18.7 Å². The molecule has 0 aliphatic rings. The van der Waals surface area contributed by atoms with Crippen molar-refractivity contribution < 1.29 is 21.9 Å². The average molecular weight is 350 g/mol. The molecule has 0 saturated heterocycles. The summed E-state index contributed by atoms with van der Waals surface area (Å²) >= 11 is 0. The first-order valence-electron chi connectivity index (χ1n) is 6.91. The first kappa shape index (κ1) is 22.4. The van der Waals surface area contributed by atoms with Crippen LogP contribution < -0.4 is 0 Å². The van der Waals surface area contributed by atoms with Crippen molar-refractivity contribution in [2.75, 3.05) is 19.6 Å². The van der Waals surface area contributed by atoms with Gasteiger partial charge in [-0.3, -0.25) is 0 Å². The summed E-state index contributed by atoms with van der Waals surface area (Å²) in [5.74, 6) is 0.252. The Kier molecular flexibility index (Phi) is 15.0. The van der Waals surface area contributed by atoms with Gasteiger partial charge in [0.2, 0.25) is 0 Å². The SMILES string of the molecule is CCN(CC)CCC(=O)c1ccc[cH-]1.Cl.[Fe+2].c1cc[cH-]c1. The molecule has 2 rings (SSSR count). The topological polar surface area (TPSA) is 20.3 Å². The number of carbonyl (C=O) groups excluding carboxylic acids is 1. The van der Waals surface area contributed by atoms with Gasteiger partial charge in [0.05, 0.1) is 5.78 Å². The predicted octanol–water partition coefficient (Wildman–Crippen LogP) is 4.14. The number of ketones is 1. The molecule has 0 unspecified atom stereocenters. The molecule has 0 aromatic heterocycles. The minimum atomic E-state index is 0. The summed E-state index contributed by atoms with van der Waals surface area (Å²) in [7, 11) is 0. The molecule has 0 heterocycles. The third-order valence-corrected chi connectivity index (χ3v) is 3.09. The van der Waals surface area contributed by atoms with Crippen LogP contribution in [0.2, 0.25) is 0 Å². The molecule has 2 nitrogen and oxygen atoms in total. The molecule has 0 atom stereocenters. The third-order valence-electron chi connectivity index (χ3n) is 3.09. The van der Waals surface area contributed by atoms with Gasteiger partial charge in [-0.1, -0.05) is 13.8 Å². The van der Waals surface area contributed by atoms with Gasteiger partial charge < -0.3 is 9.69 Å². The van der Waals surface area contributed by atoms with Crippen LogP contribution in [0.25, 0.3) is 0 Å². The van der Waals surface area contributed by atoms with E-state index >= 15 is 0 Å². The first-order chi connectivity index (χ1) is 9.27. The van der Waals surface area contributed by atoms with Crippen LogP contribution in [-0.2, 0) is 17.1 Å². The van der Waals surface area contributed by atoms with E-state index in [0.717, 1.165) is 25.2 Å². The molecule has 0 fully saturated rings. The minimum absolute atomic E-state index is 0. The Balaban J connectivity index is 0. The van der Waals surface area contributed by atoms with E-state index in [1.807, 2.05) is 54.6 Å². The summed E-state index contributed by atoms with van der Waals surface area (Å²) in [6.07, 6.45) is 0.631. The standard InChI is InChI=1S/C12H18NO.C5H5.ClH.Fe/c1-3-13(4-2)10-9-12(14)11-7-5-6-8-11;1-2-4-5-3-1;;/h5-8H,3-4,9-10H2,1-2H3;1-5H;1H;/q2*-1;;+2. The number of Topliss-reactive ketones (excluding diaryl/α,β-unsaturated/α-hetero) is 1. The van der Waals surface area contributed by atoms with Gasteiger partial charge in [-0.25, -0.2) is 12.1 Å². The van der Waals surface area contributed by atoms with E-state index in [-0.39, 0.29) is 35.3 Å². The molecule has 0 radical (unpaired) electrons. The maximum absolute atomic E-state index is 11.6. The third kappa shape index (κ3) is 9.65. The Hall–Kier alpha value is -0.861. The van der Waals surface area contributed by atoms with Gasteiger partial charge in [-0.15, -0.1) is 24.0 Å². The van der Waals surface area contributed by atoms with Crippen molar-refractivity contribution in [1.82, 2.24) is 4.90 Å². The average Bonchev–Trinajstić information content (AvgIpc) is 3.15. The van der Waals surface area contributed by atoms with Crippen molar-refractivity contribution >= 4 is 18.2 Å². The smallest absolute Gasteiger partial charge is 0.352 e. The maximum Gasteiger partial charge on any atom is 2.00 e.